The van der Waals surface area contributed by atoms with Crippen molar-refractivity contribution in [1.82, 2.24) is 15.6 Å². The van der Waals surface area contributed by atoms with Crippen LogP contribution < -0.4 is 20.3 Å². The minimum Gasteiger partial charge on any atom is -0.434 e. The zero-order valence-corrected chi connectivity index (χ0v) is 18.9. The maximum absolute atomic E-state index is 14.0. The highest BCUT2D eigenvalue weighted by Crippen LogP contribution is 2.24. The Balaban J connectivity index is 0.00000392. The first-order chi connectivity index (χ1) is 12.9. The second-order valence-corrected chi connectivity index (χ2v) is 6.50. The summed E-state index contributed by atoms with van der Waals surface area (Å²) in [6.45, 7) is -0.281. The summed E-state index contributed by atoms with van der Waals surface area (Å²) in [6, 6.07) is 3.79. The van der Waals surface area contributed by atoms with Crippen LogP contribution in [0.15, 0.2) is 28.6 Å². The molecule has 0 aliphatic heterocycles. The van der Waals surface area contributed by atoms with Crippen LogP contribution in [-0.2, 0) is 13.1 Å². The number of aliphatic imine (C=N–C) groups is 1. The summed E-state index contributed by atoms with van der Waals surface area (Å²) in [5.41, 5.74) is 0.806. The zero-order chi connectivity index (χ0) is 19.8. The Morgan fingerprint density at radius 1 is 1.32 bits per heavy atom. The van der Waals surface area contributed by atoms with Gasteiger partial charge in [0.2, 0.25) is 0 Å². The molecule has 0 saturated carbocycles. The third kappa shape index (κ3) is 7.34. The molecule has 1 heterocycles. The number of alkyl halides is 2. The van der Waals surface area contributed by atoms with Crippen LogP contribution in [0.2, 0.25) is 0 Å². The predicted molar refractivity (Wildman–Crippen MR) is 117 cm³/mol. The first-order valence-corrected chi connectivity index (χ1v) is 9.14. The summed E-state index contributed by atoms with van der Waals surface area (Å²) in [4.78, 5) is 10.6. The highest BCUT2D eigenvalue weighted by atomic mass is 127. The molecule has 0 bridgehead atoms. The number of hydrogen-bond donors (Lipinski definition) is 2. The third-order valence-electron chi connectivity index (χ3n) is 3.39. The molecule has 0 aliphatic carbocycles. The van der Waals surface area contributed by atoms with Gasteiger partial charge in [0, 0.05) is 26.0 Å². The van der Waals surface area contributed by atoms with E-state index in [4.69, 9.17) is 0 Å². The minimum absolute atomic E-state index is 0. The number of halogens is 4. The fourth-order valence-corrected chi connectivity index (χ4v) is 2.91. The standard InChI is InChI=1S/C17H22F3N5OS.HI/c1-4-21-16(22-8-11-10-27-17(24-11)25(2)3)23-9-12-13(18)6-5-7-14(12)26-15(19)20;/h5-7,10,15H,4,8-9H2,1-3H3,(H2,21,22,23);1H. The largest absolute Gasteiger partial charge is 0.434 e. The molecule has 1 aromatic carbocycles. The fourth-order valence-electron chi connectivity index (χ4n) is 2.16. The lowest BCUT2D eigenvalue weighted by atomic mass is 10.2. The van der Waals surface area contributed by atoms with Crippen LogP contribution in [0.3, 0.4) is 0 Å². The second kappa shape index (κ2) is 11.9. The Kier molecular flexibility index (Phi) is 10.4. The lowest BCUT2D eigenvalue weighted by Crippen LogP contribution is -2.36. The number of ether oxygens (including phenoxy) is 1. The second-order valence-electron chi connectivity index (χ2n) is 5.66. The van der Waals surface area contributed by atoms with Crippen LogP contribution >= 0.6 is 35.3 Å². The van der Waals surface area contributed by atoms with Gasteiger partial charge in [0.1, 0.15) is 11.6 Å². The van der Waals surface area contributed by atoms with Gasteiger partial charge in [-0.05, 0) is 19.1 Å². The average Bonchev–Trinajstić information content (AvgIpc) is 3.08. The van der Waals surface area contributed by atoms with Crippen molar-refractivity contribution in [1.29, 1.82) is 0 Å². The van der Waals surface area contributed by atoms with Crippen LogP contribution in [-0.4, -0.2) is 38.2 Å². The average molecular weight is 529 g/mol. The Bertz CT molecular complexity index is 773. The lowest BCUT2D eigenvalue weighted by molar-refractivity contribution is -0.0506. The van der Waals surface area contributed by atoms with Gasteiger partial charge in [-0.25, -0.2) is 14.4 Å². The van der Waals surface area contributed by atoms with Crippen molar-refractivity contribution in [3.63, 3.8) is 0 Å². The van der Waals surface area contributed by atoms with Gasteiger partial charge in [-0.15, -0.1) is 35.3 Å². The zero-order valence-electron chi connectivity index (χ0n) is 15.7. The number of anilines is 1. The number of nitrogens with zero attached hydrogens (tertiary/aromatic N) is 3. The van der Waals surface area contributed by atoms with E-state index < -0.39 is 12.4 Å². The molecule has 0 unspecified atom stereocenters. The van der Waals surface area contributed by atoms with E-state index >= 15 is 0 Å². The molecular formula is C17H23F3IN5OS. The lowest BCUT2D eigenvalue weighted by Gasteiger charge is -2.13. The number of nitrogens with one attached hydrogen (secondary N) is 2. The van der Waals surface area contributed by atoms with Crippen molar-refractivity contribution >= 4 is 46.4 Å². The van der Waals surface area contributed by atoms with Crippen molar-refractivity contribution in [3.05, 3.63) is 40.7 Å². The van der Waals surface area contributed by atoms with E-state index in [0.29, 0.717) is 19.0 Å². The molecule has 1 aromatic heterocycles. The maximum atomic E-state index is 14.0. The molecule has 2 N–H and O–H groups in total. The molecule has 0 fully saturated rings. The van der Waals surface area contributed by atoms with Gasteiger partial charge < -0.3 is 20.3 Å². The molecular weight excluding hydrogens is 506 g/mol. The minimum atomic E-state index is -3.03. The molecule has 156 valence electrons. The topological polar surface area (TPSA) is 61.8 Å². The molecule has 2 rings (SSSR count). The Morgan fingerprint density at radius 3 is 2.68 bits per heavy atom. The summed E-state index contributed by atoms with van der Waals surface area (Å²) < 4.78 is 43.4. The van der Waals surface area contributed by atoms with Gasteiger partial charge in [0.25, 0.3) is 0 Å². The molecule has 28 heavy (non-hydrogen) atoms. The van der Waals surface area contributed by atoms with E-state index in [2.05, 4.69) is 25.3 Å². The number of hydrogen-bond acceptors (Lipinski definition) is 5. The molecule has 0 spiro atoms. The highest BCUT2D eigenvalue weighted by molar-refractivity contribution is 14.0. The summed E-state index contributed by atoms with van der Waals surface area (Å²) in [7, 11) is 3.82. The van der Waals surface area contributed by atoms with Crippen molar-refractivity contribution < 1.29 is 17.9 Å². The van der Waals surface area contributed by atoms with Crippen LogP contribution in [0.5, 0.6) is 5.75 Å². The van der Waals surface area contributed by atoms with Gasteiger partial charge in [-0.3, -0.25) is 0 Å². The van der Waals surface area contributed by atoms with E-state index in [1.165, 1.54) is 29.5 Å². The van der Waals surface area contributed by atoms with Crippen molar-refractivity contribution in [3.8, 4) is 5.75 Å². The van der Waals surface area contributed by atoms with Gasteiger partial charge >= 0.3 is 6.61 Å². The summed E-state index contributed by atoms with van der Waals surface area (Å²) in [5.74, 6) is -0.453. The molecule has 0 radical (unpaired) electrons. The van der Waals surface area contributed by atoms with Crippen molar-refractivity contribution in [2.45, 2.75) is 26.6 Å². The molecule has 2 aromatic rings. The number of benzene rings is 1. The molecule has 11 heteroatoms. The molecule has 6 nitrogen and oxygen atoms in total. The van der Waals surface area contributed by atoms with E-state index in [9.17, 15) is 13.2 Å². The summed E-state index contributed by atoms with van der Waals surface area (Å²) in [5, 5.41) is 8.93. The van der Waals surface area contributed by atoms with E-state index in [1.54, 1.807) is 0 Å². The first kappa shape index (κ1) is 24.3. The van der Waals surface area contributed by atoms with Crippen LogP contribution in [0, 0.1) is 5.82 Å². The highest BCUT2D eigenvalue weighted by Gasteiger charge is 2.14. The smallest absolute Gasteiger partial charge is 0.387 e. The maximum Gasteiger partial charge on any atom is 0.387 e. The van der Waals surface area contributed by atoms with Crippen molar-refractivity contribution in [2.24, 2.45) is 4.99 Å². The number of rotatable bonds is 8. The van der Waals surface area contributed by atoms with Crippen molar-refractivity contribution in [2.75, 3.05) is 25.5 Å². The van der Waals surface area contributed by atoms with Crippen LogP contribution in [0.1, 0.15) is 18.2 Å². The van der Waals surface area contributed by atoms with E-state index in [0.717, 1.165) is 10.8 Å². The van der Waals surface area contributed by atoms with Gasteiger partial charge in [0.15, 0.2) is 11.1 Å². The third-order valence-corrected chi connectivity index (χ3v) is 4.45. The van der Waals surface area contributed by atoms with E-state index in [-0.39, 0.29) is 41.8 Å². The Labute approximate surface area is 183 Å². The van der Waals surface area contributed by atoms with Gasteiger partial charge in [-0.1, -0.05) is 6.07 Å². The number of aromatic nitrogens is 1. The molecule has 0 atom stereocenters. The van der Waals surface area contributed by atoms with Crippen LogP contribution in [0.25, 0.3) is 0 Å². The van der Waals surface area contributed by atoms with Gasteiger partial charge in [0.05, 0.1) is 24.3 Å². The first-order valence-electron chi connectivity index (χ1n) is 8.26. The normalized spacial score (nSPS) is 11.2. The molecule has 0 aliphatic rings. The summed E-state index contributed by atoms with van der Waals surface area (Å²) in [6.07, 6.45) is 0. The van der Waals surface area contributed by atoms with Crippen LogP contribution in [0.4, 0.5) is 18.3 Å². The summed E-state index contributed by atoms with van der Waals surface area (Å²) >= 11 is 1.52. The quantitative estimate of drug-likeness (QED) is 0.310. The molecule has 0 amide bonds. The van der Waals surface area contributed by atoms with Gasteiger partial charge in [-0.2, -0.15) is 8.78 Å². The molecule has 0 saturated heterocycles. The fraction of sp³-hybridized carbons (Fsp3) is 0.412. The SMILES string of the molecule is CCNC(=NCc1c(F)cccc1OC(F)F)NCc1csc(N(C)C)n1.I. The Morgan fingerprint density at radius 2 is 2.07 bits per heavy atom. The monoisotopic (exact) mass is 529 g/mol. The predicted octanol–water partition coefficient (Wildman–Crippen LogP) is 3.82. The number of thiazole rings is 1. The number of guanidine groups is 1. The van der Waals surface area contributed by atoms with E-state index in [1.807, 2.05) is 31.3 Å². The Hall–Kier alpha value is -1.76.